The van der Waals surface area contributed by atoms with Crippen LogP contribution >= 0.6 is 0 Å². The van der Waals surface area contributed by atoms with Crippen LogP contribution in [0, 0.1) is 0 Å². The number of nitrogens with two attached hydrogens (primary N) is 1. The molecule has 17 heavy (non-hydrogen) atoms. The standard InChI is InChI=1S/C13H16N2O2/c1-3-7-15-10-8-9(14)5-6-12(10)17-11(4-2)13(15)16/h3,5-6,8,11H,1,4,7,14H2,2H3. The summed E-state index contributed by atoms with van der Waals surface area (Å²) in [4.78, 5) is 13.8. The first kappa shape index (κ1) is 11.5. The lowest BCUT2D eigenvalue weighted by Crippen LogP contribution is -2.45. The van der Waals surface area contributed by atoms with E-state index in [-0.39, 0.29) is 5.91 Å². The fourth-order valence-corrected chi connectivity index (χ4v) is 1.92. The van der Waals surface area contributed by atoms with Crippen molar-refractivity contribution in [3.8, 4) is 5.75 Å². The molecule has 1 unspecified atom stereocenters. The van der Waals surface area contributed by atoms with Crippen LogP contribution in [-0.4, -0.2) is 18.6 Å². The van der Waals surface area contributed by atoms with Gasteiger partial charge in [0.25, 0.3) is 5.91 Å². The van der Waals surface area contributed by atoms with Crippen LogP contribution in [0.15, 0.2) is 30.9 Å². The first-order valence-corrected chi connectivity index (χ1v) is 5.65. The summed E-state index contributed by atoms with van der Waals surface area (Å²) in [5, 5.41) is 0. The van der Waals surface area contributed by atoms with Crippen LogP contribution in [0.2, 0.25) is 0 Å². The molecule has 1 atom stereocenters. The smallest absolute Gasteiger partial charge is 0.268 e. The third-order valence-electron chi connectivity index (χ3n) is 2.77. The predicted octanol–water partition coefficient (Wildman–Crippen LogP) is 1.96. The zero-order valence-corrected chi connectivity index (χ0v) is 9.85. The minimum Gasteiger partial charge on any atom is -0.478 e. The van der Waals surface area contributed by atoms with Crippen molar-refractivity contribution in [1.29, 1.82) is 0 Å². The van der Waals surface area contributed by atoms with Crippen molar-refractivity contribution in [2.75, 3.05) is 17.2 Å². The second-order valence-corrected chi connectivity index (χ2v) is 3.98. The molecule has 90 valence electrons. The Kier molecular flexibility index (Phi) is 3.04. The van der Waals surface area contributed by atoms with E-state index >= 15 is 0 Å². The molecule has 4 nitrogen and oxygen atoms in total. The number of ether oxygens (including phenoxy) is 1. The van der Waals surface area contributed by atoms with Crippen molar-refractivity contribution >= 4 is 17.3 Å². The second-order valence-electron chi connectivity index (χ2n) is 3.98. The number of carbonyl (C=O) groups excluding carboxylic acids is 1. The van der Waals surface area contributed by atoms with Gasteiger partial charge in [-0.15, -0.1) is 6.58 Å². The van der Waals surface area contributed by atoms with Gasteiger partial charge in [-0.2, -0.15) is 0 Å². The van der Waals surface area contributed by atoms with Crippen molar-refractivity contribution in [1.82, 2.24) is 0 Å². The average Bonchev–Trinajstić information content (AvgIpc) is 2.33. The fraction of sp³-hybridized carbons (Fsp3) is 0.308. The van der Waals surface area contributed by atoms with E-state index in [2.05, 4.69) is 6.58 Å². The third-order valence-corrected chi connectivity index (χ3v) is 2.77. The van der Waals surface area contributed by atoms with Crippen molar-refractivity contribution in [2.45, 2.75) is 19.4 Å². The fourth-order valence-electron chi connectivity index (χ4n) is 1.92. The quantitative estimate of drug-likeness (QED) is 0.640. The van der Waals surface area contributed by atoms with E-state index in [9.17, 15) is 4.79 Å². The maximum absolute atomic E-state index is 12.1. The van der Waals surface area contributed by atoms with Crippen LogP contribution in [0.3, 0.4) is 0 Å². The number of amides is 1. The van der Waals surface area contributed by atoms with Gasteiger partial charge >= 0.3 is 0 Å². The molecule has 4 heteroatoms. The molecule has 1 amide bonds. The molecule has 0 saturated heterocycles. The number of fused-ring (bicyclic) bond motifs is 1. The first-order chi connectivity index (χ1) is 8.17. The number of benzene rings is 1. The highest BCUT2D eigenvalue weighted by Crippen LogP contribution is 2.36. The number of rotatable bonds is 3. The lowest BCUT2D eigenvalue weighted by atomic mass is 10.1. The van der Waals surface area contributed by atoms with Gasteiger partial charge < -0.3 is 15.4 Å². The minimum absolute atomic E-state index is 0.0366. The van der Waals surface area contributed by atoms with Gasteiger partial charge in [0.05, 0.1) is 5.69 Å². The lowest BCUT2D eigenvalue weighted by molar-refractivity contribution is -0.126. The van der Waals surface area contributed by atoms with E-state index in [0.717, 1.165) is 5.69 Å². The van der Waals surface area contributed by atoms with Gasteiger partial charge in [-0.1, -0.05) is 13.0 Å². The zero-order chi connectivity index (χ0) is 12.4. The van der Waals surface area contributed by atoms with Gasteiger partial charge in [0, 0.05) is 12.2 Å². The van der Waals surface area contributed by atoms with Gasteiger partial charge in [-0.05, 0) is 24.6 Å². The Morgan fingerprint density at radius 3 is 3.00 bits per heavy atom. The van der Waals surface area contributed by atoms with Crippen molar-refractivity contribution in [3.63, 3.8) is 0 Å². The summed E-state index contributed by atoms with van der Waals surface area (Å²) in [5.74, 6) is 0.665. The molecule has 0 spiro atoms. The number of anilines is 2. The molecule has 0 fully saturated rings. The molecule has 0 aromatic heterocycles. The Morgan fingerprint density at radius 1 is 1.59 bits per heavy atom. The van der Waals surface area contributed by atoms with Gasteiger partial charge in [-0.25, -0.2) is 0 Å². The maximum Gasteiger partial charge on any atom is 0.268 e. The van der Waals surface area contributed by atoms with Crippen LogP contribution in [0.25, 0.3) is 0 Å². The first-order valence-electron chi connectivity index (χ1n) is 5.65. The molecule has 0 radical (unpaired) electrons. The van der Waals surface area contributed by atoms with Gasteiger partial charge in [0.15, 0.2) is 6.10 Å². The Balaban J connectivity index is 2.46. The third kappa shape index (κ3) is 1.98. The normalized spacial score (nSPS) is 18.5. The number of hydrogen-bond acceptors (Lipinski definition) is 3. The monoisotopic (exact) mass is 232 g/mol. The largest absolute Gasteiger partial charge is 0.478 e. The number of hydrogen-bond donors (Lipinski definition) is 1. The minimum atomic E-state index is -0.411. The topological polar surface area (TPSA) is 55.6 Å². The number of nitrogens with zero attached hydrogens (tertiary/aromatic N) is 1. The lowest BCUT2D eigenvalue weighted by Gasteiger charge is -2.33. The van der Waals surface area contributed by atoms with E-state index in [4.69, 9.17) is 10.5 Å². The Bertz CT molecular complexity index is 457. The van der Waals surface area contributed by atoms with Gasteiger partial charge in [0.1, 0.15) is 5.75 Å². The Morgan fingerprint density at radius 2 is 2.35 bits per heavy atom. The highest BCUT2D eigenvalue weighted by Gasteiger charge is 2.32. The van der Waals surface area contributed by atoms with Crippen LogP contribution in [-0.2, 0) is 4.79 Å². The molecule has 1 aliphatic rings. The molecule has 1 heterocycles. The SMILES string of the molecule is C=CCN1C(=O)C(CC)Oc2ccc(N)cc21. The maximum atomic E-state index is 12.1. The Hall–Kier alpha value is -1.97. The van der Waals surface area contributed by atoms with Crippen molar-refractivity contribution < 1.29 is 9.53 Å². The molecular formula is C13H16N2O2. The van der Waals surface area contributed by atoms with E-state index in [0.29, 0.717) is 24.4 Å². The predicted molar refractivity (Wildman–Crippen MR) is 68.1 cm³/mol. The van der Waals surface area contributed by atoms with Crippen molar-refractivity contribution in [2.24, 2.45) is 0 Å². The van der Waals surface area contributed by atoms with E-state index in [1.165, 1.54) is 0 Å². The molecule has 0 aliphatic carbocycles. The molecule has 2 N–H and O–H groups in total. The van der Waals surface area contributed by atoms with Crippen LogP contribution in [0.1, 0.15) is 13.3 Å². The number of carbonyl (C=O) groups is 1. The molecule has 1 aromatic rings. The Labute approximate surface area is 101 Å². The summed E-state index contributed by atoms with van der Waals surface area (Å²) in [6, 6.07) is 5.33. The molecule has 0 bridgehead atoms. The van der Waals surface area contributed by atoms with Gasteiger partial charge in [0.2, 0.25) is 0 Å². The average molecular weight is 232 g/mol. The molecule has 2 rings (SSSR count). The van der Waals surface area contributed by atoms with E-state index in [1.807, 2.05) is 6.92 Å². The van der Waals surface area contributed by atoms with E-state index in [1.54, 1.807) is 29.2 Å². The summed E-state index contributed by atoms with van der Waals surface area (Å²) >= 11 is 0. The van der Waals surface area contributed by atoms with E-state index < -0.39 is 6.10 Å². The van der Waals surface area contributed by atoms with Gasteiger partial charge in [-0.3, -0.25) is 4.79 Å². The molecular weight excluding hydrogens is 216 g/mol. The molecule has 0 saturated carbocycles. The van der Waals surface area contributed by atoms with Crippen LogP contribution in [0.4, 0.5) is 11.4 Å². The highest BCUT2D eigenvalue weighted by molar-refractivity contribution is 6.00. The summed E-state index contributed by atoms with van der Waals surface area (Å²) in [7, 11) is 0. The zero-order valence-electron chi connectivity index (χ0n) is 9.85. The summed E-state index contributed by atoms with van der Waals surface area (Å²) in [6.45, 7) is 6.06. The highest BCUT2D eigenvalue weighted by atomic mass is 16.5. The van der Waals surface area contributed by atoms with Crippen LogP contribution < -0.4 is 15.4 Å². The second kappa shape index (κ2) is 4.49. The summed E-state index contributed by atoms with van der Waals surface area (Å²) in [5.41, 5.74) is 7.07. The molecule has 1 aliphatic heterocycles. The summed E-state index contributed by atoms with van der Waals surface area (Å²) in [6.07, 6.45) is 1.94. The summed E-state index contributed by atoms with van der Waals surface area (Å²) < 4.78 is 5.64. The number of nitrogen functional groups attached to an aromatic ring is 1. The molecule has 1 aromatic carbocycles. The van der Waals surface area contributed by atoms with Crippen LogP contribution in [0.5, 0.6) is 5.75 Å². The van der Waals surface area contributed by atoms with Crippen molar-refractivity contribution in [3.05, 3.63) is 30.9 Å².